The van der Waals surface area contributed by atoms with Gasteiger partial charge in [-0.05, 0) is 267 Å². The molecule has 1 atom stereocenters. The number of carbonyl (C=O) groups excluding carboxylic acids is 6. The molecule has 14 saturated carbocycles. The molecular weight excluding hydrogens is 1050 g/mol. The van der Waals surface area contributed by atoms with Crippen LogP contribution in [0.25, 0.3) is 0 Å². The molecule has 1 unspecified atom stereocenters. The number of hydrogen-bond donors (Lipinski definition) is 1. The Kier molecular flexibility index (Phi) is 22.9. The Morgan fingerprint density at radius 3 is 1.37 bits per heavy atom. The lowest BCUT2D eigenvalue weighted by Gasteiger charge is -2.62. The van der Waals surface area contributed by atoms with E-state index >= 15 is 0 Å². The molecule has 0 heterocycles. The lowest BCUT2D eigenvalue weighted by molar-refractivity contribution is -0.221. The topological polar surface area (TPSA) is 161 Å². The van der Waals surface area contributed by atoms with Crippen molar-refractivity contribution in [1.29, 1.82) is 0 Å². The van der Waals surface area contributed by atoms with E-state index in [2.05, 4.69) is 72.8 Å². The minimum atomic E-state index is -0.348. The molecular formula is C72H111NO11. The second-order valence-corrected chi connectivity index (χ2v) is 29.7. The van der Waals surface area contributed by atoms with Crippen LogP contribution in [-0.2, 0) is 52.5 Å². The molecule has 2 amide bonds. The van der Waals surface area contributed by atoms with Crippen molar-refractivity contribution in [2.75, 3.05) is 6.79 Å². The van der Waals surface area contributed by atoms with Gasteiger partial charge in [0.2, 0.25) is 5.91 Å². The highest BCUT2D eigenvalue weighted by Crippen LogP contribution is 2.66. The number of esters is 4. The lowest BCUT2D eigenvalue weighted by atomic mass is 9.45. The first kappa shape index (κ1) is 67.2. The summed E-state index contributed by atoms with van der Waals surface area (Å²) < 4.78 is 28.5. The molecule has 0 aromatic heterocycles. The van der Waals surface area contributed by atoms with E-state index in [0.717, 1.165) is 92.8 Å². The van der Waals surface area contributed by atoms with Crippen molar-refractivity contribution >= 4 is 35.7 Å². The van der Waals surface area contributed by atoms with Gasteiger partial charge < -0.3 is 23.7 Å². The average molecular weight is 1170 g/mol. The van der Waals surface area contributed by atoms with Gasteiger partial charge >= 0.3 is 23.9 Å². The normalized spacial score (nSPS) is 34.4. The van der Waals surface area contributed by atoms with Crippen molar-refractivity contribution in [1.82, 2.24) is 5.32 Å². The van der Waals surface area contributed by atoms with Gasteiger partial charge in [-0.15, -0.1) is 0 Å². The first-order chi connectivity index (χ1) is 39.6. The summed E-state index contributed by atoms with van der Waals surface area (Å²) in [5, 5.41) is 2.37. The molecule has 14 aliphatic carbocycles. The minimum absolute atomic E-state index is 0.0343. The van der Waals surface area contributed by atoms with E-state index in [9.17, 15) is 28.8 Å². The zero-order valence-corrected chi connectivity index (χ0v) is 53.9. The van der Waals surface area contributed by atoms with Crippen LogP contribution in [0.3, 0.4) is 0 Å². The summed E-state index contributed by atoms with van der Waals surface area (Å²) in [5.74, 6) is 7.96. The fourth-order valence-corrected chi connectivity index (χ4v) is 19.0. The van der Waals surface area contributed by atoms with Gasteiger partial charge in [0.1, 0.15) is 16.8 Å². The molecule has 0 radical (unpaired) electrons. The number of carbonyl (C=O) groups is 6. The lowest BCUT2D eigenvalue weighted by Crippen LogP contribution is -2.62. The van der Waals surface area contributed by atoms with Gasteiger partial charge in [0.05, 0.1) is 6.10 Å². The Balaban J connectivity index is 0.000000152. The average Bonchev–Trinajstić information content (AvgIpc) is 0.982. The SMILES string of the molecule is C=C(C)C(=O)NC(=O)C1CCCCC1.C=C(C)C(=O)OC(C)(CC)C12CC3CC(CC(C3)C1)C2.C=C(C)C(=O)OC1(C(C)C)C2CC3CC(C2)CC1C3.C=C(C)C(=O)OC1(CC)CCCC1.C=C(C)C(=O)OCOC1C2CC3CC(C2)CC1C3. The molecule has 0 aromatic rings. The second kappa shape index (κ2) is 28.7. The third kappa shape index (κ3) is 15.9. The van der Waals surface area contributed by atoms with Gasteiger partial charge in [0, 0.05) is 39.2 Å². The maximum Gasteiger partial charge on any atom is 0.335 e. The van der Waals surface area contributed by atoms with Crippen LogP contribution in [-0.4, -0.2) is 65.4 Å². The summed E-state index contributed by atoms with van der Waals surface area (Å²) in [5.41, 5.74) is 1.93. The van der Waals surface area contributed by atoms with E-state index in [0.29, 0.717) is 63.6 Å². The van der Waals surface area contributed by atoms with Crippen molar-refractivity contribution in [3.05, 3.63) is 60.8 Å². The van der Waals surface area contributed by atoms with Gasteiger partial charge in [0.25, 0.3) is 5.91 Å². The van der Waals surface area contributed by atoms with E-state index in [4.69, 9.17) is 23.7 Å². The summed E-state index contributed by atoms with van der Waals surface area (Å²) in [6, 6.07) is 0. The maximum atomic E-state index is 12.1. The van der Waals surface area contributed by atoms with E-state index in [1.165, 1.54) is 122 Å². The summed E-state index contributed by atoms with van der Waals surface area (Å²) in [4.78, 5) is 69.5. The highest BCUT2D eigenvalue weighted by atomic mass is 16.7. The number of amides is 2. The molecule has 1 N–H and O–H groups in total. The molecule has 14 rings (SSSR count). The van der Waals surface area contributed by atoms with Gasteiger partial charge in [-0.1, -0.05) is 79.9 Å². The van der Waals surface area contributed by atoms with E-state index < -0.39 is 0 Å². The summed E-state index contributed by atoms with van der Waals surface area (Å²) in [7, 11) is 0. The Morgan fingerprint density at radius 1 is 0.536 bits per heavy atom. The first-order valence-electron chi connectivity index (χ1n) is 33.3. The molecule has 14 fully saturated rings. The quantitative estimate of drug-likeness (QED) is 0.0678. The van der Waals surface area contributed by atoms with Gasteiger partial charge in [-0.3, -0.25) is 14.9 Å². The number of rotatable bonds is 16. The van der Waals surface area contributed by atoms with Crippen LogP contribution in [0.2, 0.25) is 0 Å². The van der Waals surface area contributed by atoms with Crippen molar-refractivity contribution in [2.45, 2.75) is 266 Å². The fraction of sp³-hybridized carbons (Fsp3) is 0.778. The number of nitrogens with one attached hydrogen (secondary N) is 1. The van der Waals surface area contributed by atoms with Crippen LogP contribution < -0.4 is 5.32 Å². The van der Waals surface area contributed by atoms with Crippen LogP contribution in [0.4, 0.5) is 0 Å². The first-order valence-corrected chi connectivity index (χ1v) is 33.3. The standard InChI is InChI=1S/C18H28O2.C17H26O2.C15H22O3.C11H17NO2.C11H18O2/c1-5-17(4,20-16(19)12(2)3)18-9-13-6-14(10-18)8-15(7-13)11-18;1-10(2)16(18)19-17(11(3)4)14-6-12-5-13(8-14)9-15(17)7-12;1-9(2)15(16)18-8-17-14-12-4-10-3-11(6-12)7-13(14)5-10;1-8(2)10(13)12-11(14)9-6-4-3-5-7-9;1-4-11(7-5-6-8-11)13-10(12)9(2)3/h13-15H,2,5-11H2,1,3-4H3;11-15H,1,5-9H2,2-4H3;10-14H,1,3-8H2,2H3;9H,1,3-7H2,2H3,(H,12,13,14);2,4-8H2,1,3H3. The Morgan fingerprint density at radius 2 is 0.964 bits per heavy atom. The molecule has 0 aliphatic heterocycles. The monoisotopic (exact) mass is 1170 g/mol. The van der Waals surface area contributed by atoms with Crippen molar-refractivity contribution in [2.24, 2.45) is 82.3 Å². The zero-order valence-electron chi connectivity index (χ0n) is 53.9. The third-order valence-electron chi connectivity index (χ3n) is 22.8. The largest absolute Gasteiger partial charge is 0.456 e. The van der Waals surface area contributed by atoms with Crippen LogP contribution in [0.5, 0.6) is 0 Å². The molecule has 12 heteroatoms. The number of imide groups is 1. The Hall–Kier alpha value is -4.32. The Bertz CT molecular complexity index is 2340. The highest BCUT2D eigenvalue weighted by Gasteiger charge is 2.62. The van der Waals surface area contributed by atoms with Gasteiger partial charge in [-0.2, -0.15) is 0 Å². The van der Waals surface area contributed by atoms with Crippen LogP contribution >= 0.6 is 0 Å². The predicted octanol–water partition coefficient (Wildman–Crippen LogP) is 16.0. The van der Waals surface area contributed by atoms with Crippen LogP contribution in [0.15, 0.2) is 60.8 Å². The molecule has 470 valence electrons. The molecule has 0 aromatic carbocycles. The highest BCUT2D eigenvalue weighted by molar-refractivity contribution is 6.04. The number of hydrogen-bond acceptors (Lipinski definition) is 11. The van der Waals surface area contributed by atoms with Gasteiger partial charge in [0.15, 0.2) is 6.79 Å². The minimum Gasteiger partial charge on any atom is -0.456 e. The number of ether oxygens (including phenoxy) is 5. The van der Waals surface area contributed by atoms with Crippen molar-refractivity contribution in [3.8, 4) is 0 Å². The predicted molar refractivity (Wildman–Crippen MR) is 330 cm³/mol. The third-order valence-corrected chi connectivity index (χ3v) is 22.8. The second-order valence-electron chi connectivity index (χ2n) is 29.7. The van der Waals surface area contributed by atoms with E-state index in [1.54, 1.807) is 34.6 Å². The maximum absolute atomic E-state index is 12.1. The van der Waals surface area contributed by atoms with Crippen molar-refractivity contribution in [3.63, 3.8) is 0 Å². The van der Waals surface area contributed by atoms with Crippen LogP contribution in [0.1, 0.15) is 243 Å². The molecule has 14 aliphatic rings. The smallest absolute Gasteiger partial charge is 0.335 e. The Labute approximate surface area is 506 Å². The zero-order chi connectivity index (χ0) is 61.5. The van der Waals surface area contributed by atoms with E-state index in [1.807, 2.05) is 0 Å². The molecule has 12 bridgehead atoms. The molecule has 0 spiro atoms. The molecule has 12 nitrogen and oxygen atoms in total. The van der Waals surface area contributed by atoms with Gasteiger partial charge in [-0.25, -0.2) is 19.2 Å². The van der Waals surface area contributed by atoms with Crippen LogP contribution in [0, 0.1) is 82.3 Å². The summed E-state index contributed by atoms with van der Waals surface area (Å²) in [6.45, 7) is 37.6. The molecule has 84 heavy (non-hydrogen) atoms. The fourth-order valence-electron chi connectivity index (χ4n) is 19.0. The summed E-state index contributed by atoms with van der Waals surface area (Å²) >= 11 is 0. The molecule has 0 saturated heterocycles. The summed E-state index contributed by atoms with van der Waals surface area (Å²) in [6.07, 6.45) is 33.1. The van der Waals surface area contributed by atoms with Crippen molar-refractivity contribution < 1.29 is 52.5 Å². The van der Waals surface area contributed by atoms with E-state index in [-0.39, 0.29) is 70.6 Å².